The van der Waals surface area contributed by atoms with Crippen molar-refractivity contribution < 1.29 is 27.2 Å². The molecule has 0 unspecified atom stereocenters. The van der Waals surface area contributed by atoms with Crippen LogP contribution in [0.4, 0.5) is 24.5 Å². The van der Waals surface area contributed by atoms with Crippen LogP contribution in [0, 0.1) is 11.8 Å². The first kappa shape index (κ1) is 20.3. The fourth-order valence-electron chi connectivity index (χ4n) is 3.55. The first-order valence-corrected chi connectivity index (χ1v) is 9.90. The molecule has 0 atom stereocenters. The third kappa shape index (κ3) is 4.95. The minimum Gasteiger partial charge on any atom is -0.459 e. The van der Waals surface area contributed by atoms with Crippen LogP contribution in [0.5, 0.6) is 0 Å². The molecule has 9 heteroatoms. The van der Waals surface area contributed by atoms with Crippen molar-refractivity contribution in [1.29, 1.82) is 0 Å². The van der Waals surface area contributed by atoms with Crippen molar-refractivity contribution in [2.45, 2.75) is 37.9 Å². The highest BCUT2D eigenvalue weighted by molar-refractivity contribution is 6.02. The predicted molar refractivity (Wildman–Crippen MR) is 104 cm³/mol. The van der Waals surface area contributed by atoms with E-state index in [4.69, 9.17) is 4.42 Å². The molecule has 0 aliphatic heterocycles. The minimum atomic E-state index is -4.66. The Hall–Kier alpha value is -2.97. The summed E-state index contributed by atoms with van der Waals surface area (Å²) in [5.74, 6) is 0.0262. The maximum absolute atomic E-state index is 13.5. The lowest BCUT2D eigenvalue weighted by Crippen LogP contribution is -2.41. The molecule has 1 aromatic heterocycles. The van der Waals surface area contributed by atoms with E-state index in [-0.39, 0.29) is 35.6 Å². The second-order valence-corrected chi connectivity index (χ2v) is 7.81. The number of nitrogens with one attached hydrogen (secondary N) is 3. The number of rotatable bonds is 8. The summed E-state index contributed by atoms with van der Waals surface area (Å²) in [4.78, 5) is 24.3. The van der Waals surface area contributed by atoms with Crippen LogP contribution in [0.1, 0.15) is 41.8 Å². The number of anilines is 2. The van der Waals surface area contributed by atoms with E-state index in [0.717, 1.165) is 31.7 Å². The maximum atomic E-state index is 13.5. The molecule has 1 heterocycles. The van der Waals surface area contributed by atoms with Gasteiger partial charge < -0.3 is 20.4 Å². The molecular formula is C21H22F3N3O3. The maximum Gasteiger partial charge on any atom is 0.418 e. The van der Waals surface area contributed by atoms with Crippen LogP contribution in [0.3, 0.4) is 0 Å². The molecule has 2 aromatic rings. The molecule has 160 valence electrons. The zero-order valence-electron chi connectivity index (χ0n) is 16.1. The van der Waals surface area contributed by atoms with Crippen LogP contribution >= 0.6 is 0 Å². The van der Waals surface area contributed by atoms with E-state index < -0.39 is 17.6 Å². The van der Waals surface area contributed by atoms with Gasteiger partial charge in [0.15, 0.2) is 5.76 Å². The lowest BCUT2D eigenvalue weighted by Gasteiger charge is -2.19. The van der Waals surface area contributed by atoms with Gasteiger partial charge in [-0.2, -0.15) is 13.2 Å². The van der Waals surface area contributed by atoms with Gasteiger partial charge in [0.1, 0.15) is 0 Å². The molecule has 1 aromatic carbocycles. The van der Waals surface area contributed by atoms with Crippen molar-refractivity contribution in [1.82, 2.24) is 5.32 Å². The highest BCUT2D eigenvalue weighted by Gasteiger charge is 2.42. The molecular weight excluding hydrogens is 399 g/mol. The van der Waals surface area contributed by atoms with Gasteiger partial charge in [0.25, 0.3) is 5.91 Å². The smallest absolute Gasteiger partial charge is 0.418 e. The van der Waals surface area contributed by atoms with Gasteiger partial charge in [0.05, 0.1) is 18.4 Å². The lowest BCUT2D eigenvalue weighted by atomic mass is 10.1. The van der Waals surface area contributed by atoms with Gasteiger partial charge in [-0.05, 0) is 67.9 Å². The number of furan rings is 1. The number of carbonyl (C=O) groups excluding carboxylic acids is 2. The van der Waals surface area contributed by atoms with E-state index in [1.165, 1.54) is 30.5 Å². The number of hydrogen-bond acceptors (Lipinski definition) is 4. The normalized spacial score (nSPS) is 16.4. The number of alkyl halides is 3. The third-order valence-electron chi connectivity index (χ3n) is 5.35. The van der Waals surface area contributed by atoms with Gasteiger partial charge in [0.2, 0.25) is 5.91 Å². The van der Waals surface area contributed by atoms with Gasteiger partial charge in [-0.1, -0.05) is 0 Å². The van der Waals surface area contributed by atoms with E-state index in [1.807, 2.05) is 0 Å². The summed E-state index contributed by atoms with van der Waals surface area (Å²) in [5.41, 5.74) is -1.21. The van der Waals surface area contributed by atoms with E-state index in [0.29, 0.717) is 11.8 Å². The number of halogens is 3. The Labute approximate surface area is 171 Å². The van der Waals surface area contributed by atoms with Crippen LogP contribution in [0.2, 0.25) is 0 Å². The van der Waals surface area contributed by atoms with Crippen LogP contribution in [0.25, 0.3) is 0 Å². The van der Waals surface area contributed by atoms with Crippen molar-refractivity contribution in [2.24, 2.45) is 11.8 Å². The van der Waals surface area contributed by atoms with E-state index >= 15 is 0 Å². The Morgan fingerprint density at radius 1 is 1.10 bits per heavy atom. The topological polar surface area (TPSA) is 83.4 Å². The van der Waals surface area contributed by atoms with Gasteiger partial charge in [-0.15, -0.1) is 0 Å². The van der Waals surface area contributed by atoms with Crippen LogP contribution in [-0.4, -0.2) is 24.4 Å². The van der Waals surface area contributed by atoms with Crippen molar-refractivity contribution in [2.75, 3.05) is 17.2 Å². The summed E-state index contributed by atoms with van der Waals surface area (Å²) >= 11 is 0. The molecule has 0 saturated heterocycles. The monoisotopic (exact) mass is 421 g/mol. The Bertz CT molecular complexity index is 907. The molecule has 0 radical (unpaired) electrons. The summed E-state index contributed by atoms with van der Waals surface area (Å²) in [6.45, 7) is -0.253. The van der Waals surface area contributed by atoms with E-state index in [1.54, 1.807) is 0 Å². The fourth-order valence-corrected chi connectivity index (χ4v) is 3.55. The summed E-state index contributed by atoms with van der Waals surface area (Å²) in [6, 6.07) is 6.43. The molecule has 3 N–H and O–H groups in total. The fraction of sp³-hybridized carbons (Fsp3) is 0.429. The highest BCUT2D eigenvalue weighted by Crippen LogP contribution is 2.44. The van der Waals surface area contributed by atoms with Crippen molar-refractivity contribution >= 4 is 23.2 Å². The molecule has 0 spiro atoms. The van der Waals surface area contributed by atoms with Gasteiger partial charge in [0, 0.05) is 17.4 Å². The van der Waals surface area contributed by atoms with Gasteiger partial charge >= 0.3 is 6.18 Å². The summed E-state index contributed by atoms with van der Waals surface area (Å²) in [7, 11) is 0. The average Bonchev–Trinajstić information content (AvgIpc) is 3.63. The van der Waals surface area contributed by atoms with Gasteiger partial charge in [-0.25, -0.2) is 0 Å². The van der Waals surface area contributed by atoms with E-state index in [2.05, 4.69) is 16.0 Å². The Morgan fingerprint density at radius 2 is 1.80 bits per heavy atom. The second kappa shape index (κ2) is 8.04. The molecule has 2 aliphatic carbocycles. The zero-order valence-corrected chi connectivity index (χ0v) is 16.1. The molecule has 2 fully saturated rings. The van der Waals surface area contributed by atoms with Crippen LogP contribution in [-0.2, 0) is 11.0 Å². The quantitative estimate of drug-likeness (QED) is 0.595. The molecule has 2 amide bonds. The first-order chi connectivity index (χ1) is 14.3. The summed E-state index contributed by atoms with van der Waals surface area (Å²) < 4.78 is 45.5. The van der Waals surface area contributed by atoms with Crippen LogP contribution < -0.4 is 16.0 Å². The molecule has 2 saturated carbocycles. The predicted octanol–water partition coefficient (Wildman–Crippen LogP) is 4.27. The Balaban J connectivity index is 1.41. The number of amides is 2. The van der Waals surface area contributed by atoms with Crippen molar-refractivity contribution in [3.63, 3.8) is 0 Å². The van der Waals surface area contributed by atoms with Crippen molar-refractivity contribution in [3.8, 4) is 0 Å². The minimum absolute atomic E-state index is 0.0108. The zero-order chi connectivity index (χ0) is 21.3. The highest BCUT2D eigenvalue weighted by atomic mass is 19.4. The second-order valence-electron chi connectivity index (χ2n) is 7.81. The molecule has 0 bridgehead atoms. The first-order valence-electron chi connectivity index (χ1n) is 9.90. The summed E-state index contributed by atoms with van der Waals surface area (Å²) in [6.07, 6.45) is 1.02. The summed E-state index contributed by atoms with van der Waals surface area (Å²) in [5, 5.41) is 7.93. The van der Waals surface area contributed by atoms with Crippen LogP contribution in [0.15, 0.2) is 41.0 Å². The van der Waals surface area contributed by atoms with E-state index in [9.17, 15) is 22.8 Å². The Morgan fingerprint density at radius 3 is 2.37 bits per heavy atom. The SMILES string of the molecule is O=C(CNc1ccc(NC(=O)c2ccco2)cc1C(F)(F)F)NC(C1CC1)C1CC1. The average molecular weight is 421 g/mol. The lowest BCUT2D eigenvalue weighted by molar-refractivity contribution is -0.137. The third-order valence-corrected chi connectivity index (χ3v) is 5.35. The van der Waals surface area contributed by atoms with Gasteiger partial charge in [-0.3, -0.25) is 9.59 Å². The standard InChI is InChI=1S/C21H22F3N3O3/c22-21(23,24)15-10-14(26-20(29)17-2-1-9-30-17)7-8-16(15)25-11-18(28)27-19(12-3-4-12)13-5-6-13/h1-2,7-10,12-13,19,25H,3-6,11H2,(H,26,29)(H,27,28). The Kier molecular flexibility index (Phi) is 5.44. The largest absolute Gasteiger partial charge is 0.459 e. The number of hydrogen-bond donors (Lipinski definition) is 3. The molecule has 6 nitrogen and oxygen atoms in total. The molecule has 4 rings (SSSR count). The number of carbonyl (C=O) groups is 2. The molecule has 2 aliphatic rings. The molecule has 30 heavy (non-hydrogen) atoms. The number of benzene rings is 1. The van der Waals surface area contributed by atoms with Crippen molar-refractivity contribution in [3.05, 3.63) is 47.9 Å².